The molecule has 0 spiro atoms. The molecule has 3 atom stereocenters. The molecule has 2 saturated carbocycles. The fraction of sp³-hybridized carbons (Fsp3) is 0.800. The van der Waals surface area contributed by atoms with Crippen molar-refractivity contribution in [2.24, 2.45) is 16.7 Å². The number of hydrogen-bond donors (Lipinski definition) is 2. The molecular formula is C15H25N5O. The average molecular weight is 291 g/mol. The molecule has 2 aliphatic rings. The van der Waals surface area contributed by atoms with Crippen molar-refractivity contribution in [1.82, 2.24) is 15.0 Å². The molecule has 0 saturated heterocycles. The molecule has 2 fully saturated rings. The molecule has 0 radical (unpaired) electrons. The van der Waals surface area contributed by atoms with Gasteiger partial charge < -0.3 is 15.4 Å². The predicted octanol–water partition coefficient (Wildman–Crippen LogP) is 2.55. The Morgan fingerprint density at radius 2 is 1.86 bits per heavy atom. The van der Waals surface area contributed by atoms with Crippen molar-refractivity contribution >= 4 is 11.9 Å². The molecule has 1 aromatic rings. The standard InChI is InChI=1S/C15H25N5O/c1-14(2)9-6-7-15(3,8-9)10(14)17-12-18-11(16-4)19-13(20-12)21-5/h9-10H,6-8H2,1-5H3,(H2,16,17,18,19,20). The molecule has 2 aliphatic carbocycles. The van der Waals surface area contributed by atoms with Gasteiger partial charge in [-0.05, 0) is 36.0 Å². The summed E-state index contributed by atoms with van der Waals surface area (Å²) < 4.78 is 5.16. The molecule has 0 amide bonds. The number of methoxy groups -OCH3 is 1. The number of fused-ring (bicyclic) bond motifs is 2. The predicted molar refractivity (Wildman–Crippen MR) is 82.6 cm³/mol. The fourth-order valence-electron chi connectivity index (χ4n) is 4.42. The summed E-state index contributed by atoms with van der Waals surface area (Å²) in [4.78, 5) is 12.9. The van der Waals surface area contributed by atoms with Gasteiger partial charge in [-0.15, -0.1) is 0 Å². The molecule has 21 heavy (non-hydrogen) atoms. The summed E-state index contributed by atoms with van der Waals surface area (Å²) in [6, 6.07) is 0.712. The third-order valence-corrected chi connectivity index (χ3v) is 5.56. The number of nitrogens with one attached hydrogen (secondary N) is 2. The molecule has 2 N–H and O–H groups in total. The van der Waals surface area contributed by atoms with Crippen LogP contribution in [0.1, 0.15) is 40.0 Å². The molecule has 0 aromatic carbocycles. The van der Waals surface area contributed by atoms with Crippen molar-refractivity contribution in [3.05, 3.63) is 0 Å². The summed E-state index contributed by atoms with van der Waals surface area (Å²) in [6.07, 6.45) is 3.91. The van der Waals surface area contributed by atoms with E-state index in [1.165, 1.54) is 19.3 Å². The van der Waals surface area contributed by atoms with E-state index in [4.69, 9.17) is 4.74 Å². The molecule has 1 aromatic heterocycles. The van der Waals surface area contributed by atoms with Crippen LogP contribution >= 0.6 is 0 Å². The van der Waals surface area contributed by atoms with Crippen molar-refractivity contribution in [1.29, 1.82) is 0 Å². The van der Waals surface area contributed by atoms with Gasteiger partial charge in [-0.25, -0.2) is 0 Å². The van der Waals surface area contributed by atoms with Crippen molar-refractivity contribution in [3.63, 3.8) is 0 Å². The maximum atomic E-state index is 5.16. The number of anilines is 2. The van der Waals surface area contributed by atoms with E-state index in [1.807, 2.05) is 0 Å². The van der Waals surface area contributed by atoms with Crippen LogP contribution in [-0.4, -0.2) is 35.2 Å². The lowest BCUT2D eigenvalue weighted by molar-refractivity contribution is 0.154. The van der Waals surface area contributed by atoms with E-state index in [0.29, 0.717) is 29.4 Å². The van der Waals surface area contributed by atoms with Crippen molar-refractivity contribution in [3.8, 4) is 6.01 Å². The Balaban J connectivity index is 1.89. The summed E-state index contributed by atoms with van der Waals surface area (Å²) in [5.41, 5.74) is 0.584. The first-order valence-corrected chi connectivity index (χ1v) is 7.63. The van der Waals surface area contributed by atoms with Gasteiger partial charge in [0, 0.05) is 13.1 Å². The van der Waals surface area contributed by atoms with E-state index >= 15 is 0 Å². The zero-order valence-corrected chi connectivity index (χ0v) is 13.5. The van der Waals surface area contributed by atoms with E-state index in [-0.39, 0.29) is 5.41 Å². The third kappa shape index (κ3) is 2.21. The summed E-state index contributed by atoms with van der Waals surface area (Å²) in [5, 5.41) is 6.52. The van der Waals surface area contributed by atoms with Crippen molar-refractivity contribution in [2.45, 2.75) is 46.1 Å². The van der Waals surface area contributed by atoms with E-state index in [9.17, 15) is 0 Å². The highest BCUT2D eigenvalue weighted by atomic mass is 16.5. The Labute approximate surface area is 126 Å². The van der Waals surface area contributed by atoms with Gasteiger partial charge in [0.2, 0.25) is 11.9 Å². The van der Waals surface area contributed by atoms with Crippen LogP contribution in [0.5, 0.6) is 6.01 Å². The maximum Gasteiger partial charge on any atom is 0.322 e. The second-order valence-corrected chi connectivity index (χ2v) is 7.21. The molecule has 3 unspecified atom stereocenters. The highest BCUT2D eigenvalue weighted by Gasteiger charge is 2.59. The SMILES string of the molecule is CNc1nc(NC2C3(C)CCC(C3)C2(C)C)nc(OC)n1. The zero-order valence-electron chi connectivity index (χ0n) is 13.5. The van der Waals surface area contributed by atoms with E-state index in [1.54, 1.807) is 14.2 Å². The smallest absolute Gasteiger partial charge is 0.322 e. The second-order valence-electron chi connectivity index (χ2n) is 7.21. The number of aromatic nitrogens is 3. The highest BCUT2D eigenvalue weighted by molar-refractivity contribution is 5.38. The summed E-state index contributed by atoms with van der Waals surface area (Å²) in [5.74, 6) is 1.90. The Hall–Kier alpha value is -1.59. The van der Waals surface area contributed by atoms with Crippen LogP contribution in [0.3, 0.4) is 0 Å². The van der Waals surface area contributed by atoms with Gasteiger partial charge in [0.1, 0.15) is 0 Å². The Bertz CT molecular complexity index is 520. The minimum atomic E-state index is 0.257. The quantitative estimate of drug-likeness (QED) is 0.888. The first-order valence-electron chi connectivity index (χ1n) is 7.63. The van der Waals surface area contributed by atoms with Crippen LogP contribution in [0.25, 0.3) is 0 Å². The van der Waals surface area contributed by atoms with Crippen LogP contribution < -0.4 is 15.4 Å². The van der Waals surface area contributed by atoms with Crippen LogP contribution in [0, 0.1) is 16.7 Å². The van der Waals surface area contributed by atoms with Crippen LogP contribution in [0.15, 0.2) is 0 Å². The molecule has 116 valence electrons. The summed E-state index contributed by atoms with van der Waals surface area (Å²) in [6.45, 7) is 7.10. The largest absolute Gasteiger partial charge is 0.467 e. The lowest BCUT2D eigenvalue weighted by atomic mass is 9.68. The summed E-state index contributed by atoms with van der Waals surface area (Å²) >= 11 is 0. The first-order chi connectivity index (χ1) is 9.89. The molecule has 6 nitrogen and oxygen atoms in total. The monoisotopic (exact) mass is 291 g/mol. The van der Waals surface area contributed by atoms with Crippen molar-refractivity contribution < 1.29 is 4.74 Å². The fourth-order valence-corrected chi connectivity index (χ4v) is 4.42. The lowest BCUT2D eigenvalue weighted by Gasteiger charge is -2.43. The lowest BCUT2D eigenvalue weighted by Crippen LogP contribution is -2.46. The Morgan fingerprint density at radius 3 is 2.43 bits per heavy atom. The normalized spacial score (nSPS) is 33.0. The number of rotatable bonds is 4. The topological polar surface area (TPSA) is 72.0 Å². The first kappa shape index (κ1) is 14.4. The molecular weight excluding hydrogens is 266 g/mol. The van der Waals surface area contributed by atoms with Crippen molar-refractivity contribution in [2.75, 3.05) is 24.8 Å². The van der Waals surface area contributed by atoms with Gasteiger partial charge in [-0.1, -0.05) is 20.8 Å². The molecule has 2 bridgehead atoms. The van der Waals surface area contributed by atoms with E-state index in [2.05, 4.69) is 46.4 Å². The third-order valence-electron chi connectivity index (χ3n) is 5.56. The van der Waals surface area contributed by atoms with Crippen LogP contribution in [0.2, 0.25) is 0 Å². The van der Waals surface area contributed by atoms with Crippen LogP contribution in [0.4, 0.5) is 11.9 Å². The van der Waals surface area contributed by atoms with Gasteiger partial charge in [0.15, 0.2) is 0 Å². The van der Waals surface area contributed by atoms with Gasteiger partial charge in [-0.2, -0.15) is 15.0 Å². The van der Waals surface area contributed by atoms with Crippen LogP contribution in [-0.2, 0) is 0 Å². The number of ether oxygens (including phenoxy) is 1. The average Bonchev–Trinajstić information content (AvgIpc) is 2.94. The van der Waals surface area contributed by atoms with Gasteiger partial charge >= 0.3 is 6.01 Å². The minimum Gasteiger partial charge on any atom is -0.467 e. The van der Waals surface area contributed by atoms with E-state index < -0.39 is 0 Å². The number of nitrogens with zero attached hydrogens (tertiary/aromatic N) is 3. The van der Waals surface area contributed by atoms with Gasteiger partial charge in [0.05, 0.1) is 7.11 Å². The summed E-state index contributed by atoms with van der Waals surface area (Å²) in [7, 11) is 3.36. The van der Waals surface area contributed by atoms with Gasteiger partial charge in [-0.3, -0.25) is 0 Å². The molecule has 3 rings (SSSR count). The number of hydrogen-bond acceptors (Lipinski definition) is 6. The zero-order chi connectivity index (χ0) is 15.3. The Kier molecular flexibility index (Phi) is 3.22. The van der Waals surface area contributed by atoms with Gasteiger partial charge in [0.25, 0.3) is 0 Å². The highest BCUT2D eigenvalue weighted by Crippen LogP contribution is 2.62. The molecule has 6 heteroatoms. The van der Waals surface area contributed by atoms with E-state index in [0.717, 1.165) is 5.92 Å². The molecule has 1 heterocycles. The Morgan fingerprint density at radius 1 is 1.14 bits per heavy atom. The minimum absolute atomic E-state index is 0.257. The molecule has 0 aliphatic heterocycles. The second kappa shape index (κ2) is 4.71. The maximum absolute atomic E-state index is 5.16.